The van der Waals surface area contributed by atoms with Gasteiger partial charge in [-0.15, -0.1) is 10.2 Å². The Kier molecular flexibility index (Phi) is 10.0. The Morgan fingerprint density at radius 1 is 0.784 bits per heavy atom. The van der Waals surface area contributed by atoms with E-state index in [0.717, 1.165) is 5.69 Å². The molecule has 4 rings (SSSR count). The van der Waals surface area contributed by atoms with E-state index in [1.807, 2.05) is 18.2 Å². The molecule has 1 unspecified atom stereocenters. The van der Waals surface area contributed by atoms with Crippen molar-refractivity contribution in [1.29, 1.82) is 0 Å². The fraction of sp³-hybridized carbons (Fsp3) is 0.120. The minimum Gasteiger partial charge on any atom is -0.744 e. The molecule has 0 aliphatic heterocycles. The summed E-state index contributed by atoms with van der Waals surface area (Å²) >= 11 is 0. The molecule has 0 saturated carbocycles. The van der Waals surface area contributed by atoms with Gasteiger partial charge in [-0.2, -0.15) is 10.2 Å². The van der Waals surface area contributed by atoms with Gasteiger partial charge in [0.2, 0.25) is 0 Å². The molecule has 37 heavy (non-hydrogen) atoms. The average molecular weight is 528 g/mol. The van der Waals surface area contributed by atoms with Crippen LogP contribution in [0.15, 0.2) is 110 Å². The van der Waals surface area contributed by atoms with Crippen LogP contribution in [0, 0.1) is 0 Å². The van der Waals surface area contributed by atoms with E-state index < -0.39 is 16.2 Å². The monoisotopic (exact) mass is 527 g/mol. The maximum absolute atomic E-state index is 11.6. The second kappa shape index (κ2) is 13.0. The van der Waals surface area contributed by atoms with Crippen LogP contribution in [0.25, 0.3) is 10.8 Å². The molecule has 1 atom stereocenters. The Labute approximate surface area is 235 Å². The summed E-state index contributed by atoms with van der Waals surface area (Å²) in [6.07, 6.45) is -0.865. The van der Waals surface area contributed by atoms with Crippen LogP contribution in [0.1, 0.15) is 0 Å². The van der Waals surface area contributed by atoms with Crippen molar-refractivity contribution < 1.29 is 52.7 Å². The Bertz CT molecular complexity index is 1510. The van der Waals surface area contributed by atoms with Crippen LogP contribution in [-0.2, 0) is 10.1 Å². The van der Waals surface area contributed by atoms with Crippen molar-refractivity contribution in [3.8, 4) is 0 Å². The summed E-state index contributed by atoms with van der Waals surface area (Å²) in [6.45, 7) is -0.142. The Hall–Kier alpha value is -3.03. The first-order chi connectivity index (χ1) is 17.3. The minimum atomic E-state index is -4.68. The largest absolute Gasteiger partial charge is 1.00 e. The molecule has 3 N–H and O–H groups in total. The van der Waals surface area contributed by atoms with Gasteiger partial charge in [-0.25, -0.2) is 8.42 Å². The summed E-state index contributed by atoms with van der Waals surface area (Å²) in [4.78, 5) is -0.385. The number of benzene rings is 4. The minimum absolute atomic E-state index is 0. The van der Waals surface area contributed by atoms with Crippen LogP contribution < -0.4 is 34.9 Å². The van der Waals surface area contributed by atoms with Crippen LogP contribution >= 0.6 is 0 Å². The fourth-order valence-electron chi connectivity index (χ4n) is 3.29. The predicted molar refractivity (Wildman–Crippen MR) is 135 cm³/mol. The number of aliphatic hydroxyl groups excluding tert-OH is 2. The van der Waals surface area contributed by atoms with Gasteiger partial charge in [0.15, 0.2) is 0 Å². The number of aliphatic hydroxyl groups is 2. The third-order valence-electron chi connectivity index (χ3n) is 5.15. The first-order valence-corrected chi connectivity index (χ1v) is 12.3. The topological polar surface area (TPSA) is 159 Å². The van der Waals surface area contributed by atoms with Crippen molar-refractivity contribution in [2.24, 2.45) is 20.5 Å². The van der Waals surface area contributed by atoms with E-state index >= 15 is 0 Å². The van der Waals surface area contributed by atoms with E-state index in [-0.39, 0.29) is 47.6 Å². The quantitative estimate of drug-likeness (QED) is 0.172. The van der Waals surface area contributed by atoms with E-state index in [1.54, 1.807) is 48.5 Å². The van der Waals surface area contributed by atoms with E-state index in [4.69, 9.17) is 5.11 Å². The number of fused-ring (bicyclic) bond motifs is 1. The van der Waals surface area contributed by atoms with Gasteiger partial charge < -0.3 is 20.1 Å². The Morgan fingerprint density at radius 3 is 1.97 bits per heavy atom. The number of rotatable bonds is 9. The molecule has 0 aliphatic carbocycles. The molecule has 0 bridgehead atoms. The molecule has 4 aromatic rings. The summed E-state index contributed by atoms with van der Waals surface area (Å²) < 4.78 is 34.9. The van der Waals surface area contributed by atoms with Crippen LogP contribution in [0.5, 0.6) is 0 Å². The normalized spacial score (nSPS) is 12.6. The van der Waals surface area contributed by atoms with Crippen LogP contribution in [-0.4, -0.2) is 42.4 Å². The van der Waals surface area contributed by atoms with Gasteiger partial charge in [0, 0.05) is 23.0 Å². The Morgan fingerprint density at radius 2 is 1.38 bits per heavy atom. The van der Waals surface area contributed by atoms with E-state index in [9.17, 15) is 18.1 Å². The van der Waals surface area contributed by atoms with E-state index in [0.29, 0.717) is 33.5 Å². The SMILES string of the molecule is O=S(=O)([O-])c1ccc2c(N=Nc3ccccc3)ccc(N=Nc3ccc(NCC(O)CO)cc3)c2c1.[Na+]. The third-order valence-corrected chi connectivity index (χ3v) is 5.98. The maximum Gasteiger partial charge on any atom is 1.00 e. The summed E-state index contributed by atoms with van der Waals surface area (Å²) in [5.41, 5.74) is 2.73. The zero-order chi connectivity index (χ0) is 25.5. The zero-order valence-electron chi connectivity index (χ0n) is 19.9. The van der Waals surface area contributed by atoms with Gasteiger partial charge in [-0.1, -0.05) is 24.3 Å². The number of nitrogens with zero attached hydrogens (tertiary/aromatic N) is 4. The maximum atomic E-state index is 11.6. The molecule has 0 aliphatic rings. The molecule has 0 radical (unpaired) electrons. The zero-order valence-corrected chi connectivity index (χ0v) is 22.7. The molecule has 0 fully saturated rings. The van der Waals surface area contributed by atoms with Gasteiger partial charge in [-0.3, -0.25) is 0 Å². The van der Waals surface area contributed by atoms with Gasteiger partial charge in [0.05, 0.1) is 40.4 Å². The van der Waals surface area contributed by atoms with Crippen LogP contribution in [0.3, 0.4) is 0 Å². The summed E-state index contributed by atoms with van der Waals surface area (Å²) in [5.74, 6) is 0. The molecular weight excluding hydrogens is 505 g/mol. The molecule has 12 heteroatoms. The van der Waals surface area contributed by atoms with Crippen molar-refractivity contribution >= 4 is 49.3 Å². The van der Waals surface area contributed by atoms with E-state index in [2.05, 4.69) is 25.8 Å². The average Bonchev–Trinajstić information content (AvgIpc) is 2.90. The van der Waals surface area contributed by atoms with Crippen LogP contribution in [0.2, 0.25) is 0 Å². The standard InChI is InChI=1S/C25H23N5O5S.Na/c31-16-20(32)15-26-17-6-8-19(9-7-17)28-30-25-13-12-24(29-27-18-4-2-1-3-5-18)22-11-10-21(14-23(22)25)36(33,34)35;/h1-14,20,26,31-32H,15-16H2,(H,33,34,35);/q;+1/p-1. The van der Waals surface area contributed by atoms with Gasteiger partial charge in [0.25, 0.3) is 0 Å². The second-order valence-electron chi connectivity index (χ2n) is 7.77. The van der Waals surface area contributed by atoms with Crippen molar-refractivity contribution in [3.63, 3.8) is 0 Å². The molecule has 0 spiro atoms. The smallest absolute Gasteiger partial charge is 0.744 e. The van der Waals surface area contributed by atoms with Gasteiger partial charge >= 0.3 is 29.6 Å². The fourth-order valence-corrected chi connectivity index (χ4v) is 3.79. The molecule has 0 aromatic heterocycles. The molecule has 0 saturated heterocycles. The molecular formula is C25H22N5NaO5S. The predicted octanol–water partition coefficient (Wildman–Crippen LogP) is 2.34. The molecule has 0 amide bonds. The third kappa shape index (κ3) is 7.73. The van der Waals surface area contributed by atoms with Crippen molar-refractivity contribution in [2.75, 3.05) is 18.5 Å². The summed E-state index contributed by atoms with van der Waals surface area (Å²) in [7, 11) is -4.68. The molecule has 10 nitrogen and oxygen atoms in total. The van der Waals surface area contributed by atoms with Crippen LogP contribution in [0.4, 0.5) is 28.4 Å². The number of hydrogen-bond donors (Lipinski definition) is 3. The first kappa shape index (κ1) is 28.5. The Balaban J connectivity index is 0.00000380. The summed E-state index contributed by atoms with van der Waals surface area (Å²) in [5, 5.41) is 39.2. The molecule has 184 valence electrons. The number of azo groups is 2. The summed E-state index contributed by atoms with van der Waals surface area (Å²) in [6, 6.07) is 23.3. The van der Waals surface area contributed by atoms with E-state index in [1.165, 1.54) is 18.2 Å². The number of hydrogen-bond acceptors (Lipinski definition) is 10. The van der Waals surface area contributed by atoms with Crippen molar-refractivity contribution in [3.05, 3.63) is 84.9 Å². The number of anilines is 1. The van der Waals surface area contributed by atoms with Gasteiger partial charge in [-0.05, 0) is 60.7 Å². The van der Waals surface area contributed by atoms with Crippen molar-refractivity contribution in [2.45, 2.75) is 11.0 Å². The van der Waals surface area contributed by atoms with Crippen molar-refractivity contribution in [1.82, 2.24) is 0 Å². The first-order valence-electron chi connectivity index (χ1n) is 10.9. The molecule has 4 aromatic carbocycles. The second-order valence-corrected chi connectivity index (χ2v) is 9.14. The number of nitrogens with one attached hydrogen (secondary N) is 1. The van der Waals surface area contributed by atoms with Gasteiger partial charge in [0.1, 0.15) is 10.1 Å². The molecule has 0 heterocycles.